The minimum atomic E-state index is -0.444. The topological polar surface area (TPSA) is 81.6 Å². The summed E-state index contributed by atoms with van der Waals surface area (Å²) in [5.74, 6) is -0.444. The third-order valence-corrected chi connectivity index (χ3v) is 3.26. The number of nitrogens with two attached hydrogens (primary N) is 2. The molecule has 0 spiro atoms. The number of nitrogen functional groups attached to an aromatic ring is 1. The fourth-order valence-corrected chi connectivity index (χ4v) is 1.98. The van der Waals surface area contributed by atoms with Gasteiger partial charge in [-0.15, -0.1) is 0 Å². The monoisotopic (exact) mass is 265 g/mol. The van der Waals surface area contributed by atoms with Crippen LogP contribution in [0, 0.1) is 0 Å². The van der Waals surface area contributed by atoms with Gasteiger partial charge in [-0.05, 0) is 31.5 Å². The molecule has 0 fully saturated rings. The van der Waals surface area contributed by atoms with E-state index in [9.17, 15) is 4.79 Å². The van der Waals surface area contributed by atoms with Gasteiger partial charge in [-0.1, -0.05) is 6.92 Å². The molecule has 0 aliphatic rings. The Morgan fingerprint density at radius 2 is 2.16 bits per heavy atom. The number of hydrogen-bond donors (Lipinski definition) is 2. The van der Waals surface area contributed by atoms with Gasteiger partial charge in [-0.3, -0.25) is 4.79 Å². The number of primary amides is 1. The third kappa shape index (κ3) is 3.86. The minimum absolute atomic E-state index is 0.273. The second kappa shape index (κ2) is 6.99. The van der Waals surface area contributed by atoms with Crippen molar-refractivity contribution < 1.29 is 9.53 Å². The zero-order chi connectivity index (χ0) is 14.4. The maximum absolute atomic E-state index is 11.5. The van der Waals surface area contributed by atoms with Gasteiger partial charge in [0.2, 0.25) is 0 Å². The molecule has 0 aliphatic heterocycles. The lowest BCUT2D eigenvalue weighted by Gasteiger charge is -2.32. The summed E-state index contributed by atoms with van der Waals surface area (Å²) in [6.45, 7) is 5.47. The molecular formula is C14H23N3O2. The van der Waals surface area contributed by atoms with Gasteiger partial charge < -0.3 is 21.1 Å². The summed E-state index contributed by atoms with van der Waals surface area (Å²) >= 11 is 0. The number of benzene rings is 1. The van der Waals surface area contributed by atoms with Crippen LogP contribution in [-0.2, 0) is 4.74 Å². The van der Waals surface area contributed by atoms with Crippen molar-refractivity contribution in [3.63, 3.8) is 0 Å². The predicted molar refractivity (Wildman–Crippen MR) is 78.3 cm³/mol. The van der Waals surface area contributed by atoms with Crippen LogP contribution in [0.15, 0.2) is 18.2 Å². The molecule has 5 nitrogen and oxygen atoms in total. The summed E-state index contributed by atoms with van der Waals surface area (Å²) in [5.41, 5.74) is 13.1. The molecule has 106 valence electrons. The Labute approximate surface area is 114 Å². The highest BCUT2D eigenvalue weighted by atomic mass is 16.5. The Kier molecular flexibility index (Phi) is 5.63. The van der Waals surface area contributed by atoms with Gasteiger partial charge in [0.25, 0.3) is 5.91 Å². The molecule has 1 aromatic carbocycles. The number of rotatable bonds is 7. The fourth-order valence-electron chi connectivity index (χ4n) is 1.98. The van der Waals surface area contributed by atoms with Crippen LogP contribution in [0.4, 0.5) is 11.4 Å². The van der Waals surface area contributed by atoms with Crippen LogP contribution >= 0.6 is 0 Å². The molecule has 0 saturated heterocycles. The van der Waals surface area contributed by atoms with Gasteiger partial charge in [-0.2, -0.15) is 0 Å². The lowest BCUT2D eigenvalue weighted by atomic mass is 10.1. The van der Waals surface area contributed by atoms with Crippen LogP contribution in [-0.4, -0.2) is 32.2 Å². The second-order valence-corrected chi connectivity index (χ2v) is 4.58. The number of hydrogen-bond acceptors (Lipinski definition) is 4. The van der Waals surface area contributed by atoms with Crippen molar-refractivity contribution in [1.29, 1.82) is 0 Å². The van der Waals surface area contributed by atoms with E-state index in [2.05, 4.69) is 18.7 Å². The zero-order valence-corrected chi connectivity index (χ0v) is 11.8. The predicted octanol–water partition coefficient (Wildman–Crippen LogP) is 1.62. The van der Waals surface area contributed by atoms with Crippen molar-refractivity contribution in [1.82, 2.24) is 0 Å². The van der Waals surface area contributed by atoms with E-state index in [4.69, 9.17) is 16.2 Å². The largest absolute Gasteiger partial charge is 0.399 e. The highest BCUT2D eigenvalue weighted by molar-refractivity contribution is 5.99. The molecule has 0 saturated carbocycles. The molecule has 1 rings (SSSR count). The summed E-state index contributed by atoms with van der Waals surface area (Å²) in [5, 5.41) is 0. The molecule has 1 aromatic rings. The van der Waals surface area contributed by atoms with Gasteiger partial charge in [0.05, 0.1) is 17.9 Å². The van der Waals surface area contributed by atoms with Gasteiger partial charge in [-0.25, -0.2) is 0 Å². The lowest BCUT2D eigenvalue weighted by Crippen LogP contribution is -2.37. The van der Waals surface area contributed by atoms with Crippen LogP contribution in [0.1, 0.15) is 30.6 Å². The number of nitrogens with zero attached hydrogens (tertiary/aromatic N) is 1. The quantitative estimate of drug-likeness (QED) is 0.734. The molecule has 0 aromatic heterocycles. The summed E-state index contributed by atoms with van der Waals surface area (Å²) in [4.78, 5) is 13.7. The molecular weight excluding hydrogens is 242 g/mol. The Bertz CT molecular complexity index is 435. The molecule has 19 heavy (non-hydrogen) atoms. The molecule has 5 heteroatoms. The summed E-state index contributed by atoms with van der Waals surface area (Å²) in [6, 6.07) is 5.43. The van der Waals surface area contributed by atoms with E-state index >= 15 is 0 Å². The maximum atomic E-state index is 11.5. The van der Waals surface area contributed by atoms with E-state index in [1.165, 1.54) is 0 Å². The number of anilines is 2. The number of carbonyl (C=O) groups excluding carboxylic acids is 1. The maximum Gasteiger partial charge on any atom is 0.250 e. The second-order valence-electron chi connectivity index (χ2n) is 4.58. The van der Waals surface area contributed by atoms with Crippen molar-refractivity contribution in [2.45, 2.75) is 26.3 Å². The molecule has 4 N–H and O–H groups in total. The number of carbonyl (C=O) groups is 1. The van der Waals surface area contributed by atoms with E-state index < -0.39 is 5.91 Å². The van der Waals surface area contributed by atoms with Gasteiger partial charge in [0.15, 0.2) is 0 Å². The molecule has 0 radical (unpaired) electrons. The smallest absolute Gasteiger partial charge is 0.250 e. The van der Waals surface area contributed by atoms with Gasteiger partial charge in [0, 0.05) is 25.4 Å². The van der Waals surface area contributed by atoms with Gasteiger partial charge >= 0.3 is 0 Å². The number of methoxy groups -OCH3 is 1. The normalized spacial score (nSPS) is 12.2. The standard InChI is InChI=1S/C14H23N3O2/c1-4-10(2)17(7-8-19-3)13-9-11(15)5-6-12(13)14(16)18/h5-6,9-10H,4,7-8,15H2,1-3H3,(H2,16,18). The summed E-state index contributed by atoms with van der Waals surface area (Å²) in [6.07, 6.45) is 0.955. The van der Waals surface area contributed by atoms with E-state index in [-0.39, 0.29) is 6.04 Å². The van der Waals surface area contributed by atoms with E-state index in [1.54, 1.807) is 25.3 Å². The van der Waals surface area contributed by atoms with Crippen LogP contribution in [0.3, 0.4) is 0 Å². The van der Waals surface area contributed by atoms with Crippen molar-refractivity contribution in [2.24, 2.45) is 5.73 Å². The van der Waals surface area contributed by atoms with Gasteiger partial charge in [0.1, 0.15) is 0 Å². The average molecular weight is 265 g/mol. The third-order valence-electron chi connectivity index (χ3n) is 3.26. The van der Waals surface area contributed by atoms with Crippen LogP contribution < -0.4 is 16.4 Å². The molecule has 0 aliphatic carbocycles. The molecule has 1 amide bonds. The first-order chi connectivity index (χ1) is 9.01. The molecule has 0 heterocycles. The van der Waals surface area contributed by atoms with Crippen molar-refractivity contribution in [3.8, 4) is 0 Å². The van der Waals surface area contributed by atoms with E-state index in [0.29, 0.717) is 24.4 Å². The Balaban J connectivity index is 3.19. The van der Waals surface area contributed by atoms with Crippen molar-refractivity contribution >= 4 is 17.3 Å². The first kappa shape index (κ1) is 15.3. The zero-order valence-electron chi connectivity index (χ0n) is 11.8. The lowest BCUT2D eigenvalue weighted by molar-refractivity contribution is 0.100. The van der Waals surface area contributed by atoms with Crippen LogP contribution in [0.5, 0.6) is 0 Å². The SMILES string of the molecule is CCC(C)N(CCOC)c1cc(N)ccc1C(N)=O. The fraction of sp³-hybridized carbons (Fsp3) is 0.500. The number of ether oxygens (including phenoxy) is 1. The Hall–Kier alpha value is -1.75. The molecule has 1 unspecified atom stereocenters. The molecule has 1 atom stereocenters. The number of amides is 1. The van der Waals surface area contributed by atoms with Crippen LogP contribution in [0.2, 0.25) is 0 Å². The first-order valence-electron chi connectivity index (χ1n) is 6.46. The Morgan fingerprint density at radius 1 is 1.47 bits per heavy atom. The highest BCUT2D eigenvalue weighted by Crippen LogP contribution is 2.26. The van der Waals surface area contributed by atoms with E-state index in [0.717, 1.165) is 12.1 Å². The average Bonchev–Trinajstić information content (AvgIpc) is 2.38. The minimum Gasteiger partial charge on any atom is -0.399 e. The van der Waals surface area contributed by atoms with Crippen molar-refractivity contribution in [3.05, 3.63) is 23.8 Å². The van der Waals surface area contributed by atoms with Crippen molar-refractivity contribution in [2.75, 3.05) is 30.9 Å². The summed E-state index contributed by atoms with van der Waals surface area (Å²) in [7, 11) is 1.66. The molecule has 0 bridgehead atoms. The van der Waals surface area contributed by atoms with Crippen LogP contribution in [0.25, 0.3) is 0 Å². The summed E-state index contributed by atoms with van der Waals surface area (Å²) < 4.78 is 5.13. The van der Waals surface area contributed by atoms with E-state index in [1.807, 2.05) is 0 Å². The first-order valence-corrected chi connectivity index (χ1v) is 6.46. The Morgan fingerprint density at radius 3 is 2.68 bits per heavy atom. The highest BCUT2D eigenvalue weighted by Gasteiger charge is 2.18.